The summed E-state index contributed by atoms with van der Waals surface area (Å²) in [5.41, 5.74) is 0. The Labute approximate surface area is 62.4 Å². The first-order valence-corrected chi connectivity index (χ1v) is 4.54. The average Bonchev–Trinajstić information content (AvgIpc) is 2.54. The van der Waals surface area contributed by atoms with Gasteiger partial charge in [-0.05, 0) is 31.1 Å². The van der Waals surface area contributed by atoms with Crippen LogP contribution < -0.4 is 0 Å². The molecule has 1 N–H and O–H groups in total. The van der Waals surface area contributed by atoms with Gasteiger partial charge in [-0.3, -0.25) is 0 Å². The van der Waals surface area contributed by atoms with Crippen molar-refractivity contribution in [3.63, 3.8) is 0 Å². The molecule has 2 rings (SSSR count). The summed E-state index contributed by atoms with van der Waals surface area (Å²) >= 11 is 0. The Bertz CT molecular complexity index is 122. The molecule has 0 spiro atoms. The third-order valence-electron chi connectivity index (χ3n) is 3.01. The SMILES string of the molecule is O[C@@H]1CCCC[C@@H]2C[C@@H]2C1. The van der Waals surface area contributed by atoms with E-state index in [2.05, 4.69) is 0 Å². The Morgan fingerprint density at radius 2 is 1.70 bits per heavy atom. The van der Waals surface area contributed by atoms with Crippen molar-refractivity contribution in [2.45, 2.75) is 44.6 Å². The first kappa shape index (κ1) is 6.66. The summed E-state index contributed by atoms with van der Waals surface area (Å²) in [6.07, 6.45) is 7.67. The van der Waals surface area contributed by atoms with Crippen LogP contribution in [0.4, 0.5) is 0 Å². The standard InChI is InChI=1S/C9H16O/c10-9-4-2-1-3-7-5-8(7)6-9/h7-10H,1-6H2/t7-,8-,9-/m1/s1. The predicted octanol–water partition coefficient (Wildman–Crippen LogP) is 1.95. The molecule has 0 bridgehead atoms. The maximum absolute atomic E-state index is 9.41. The summed E-state index contributed by atoms with van der Waals surface area (Å²) in [5.74, 6) is 1.92. The molecule has 0 unspecified atom stereocenters. The highest BCUT2D eigenvalue weighted by Gasteiger charge is 2.38. The van der Waals surface area contributed by atoms with E-state index in [-0.39, 0.29) is 6.10 Å². The Kier molecular flexibility index (Phi) is 1.69. The van der Waals surface area contributed by atoms with Crippen LogP contribution in [0.3, 0.4) is 0 Å². The van der Waals surface area contributed by atoms with E-state index in [4.69, 9.17) is 0 Å². The summed E-state index contributed by atoms with van der Waals surface area (Å²) in [5, 5.41) is 9.41. The van der Waals surface area contributed by atoms with Crippen LogP contribution in [0.2, 0.25) is 0 Å². The molecule has 3 atom stereocenters. The molecule has 0 aromatic carbocycles. The quantitative estimate of drug-likeness (QED) is 0.545. The minimum atomic E-state index is 0.0373. The van der Waals surface area contributed by atoms with Crippen molar-refractivity contribution in [2.24, 2.45) is 11.8 Å². The minimum absolute atomic E-state index is 0.0373. The molecule has 0 aromatic heterocycles. The predicted molar refractivity (Wildman–Crippen MR) is 40.7 cm³/mol. The van der Waals surface area contributed by atoms with Gasteiger partial charge in [-0.1, -0.05) is 19.3 Å². The van der Waals surface area contributed by atoms with Crippen molar-refractivity contribution in [2.75, 3.05) is 0 Å². The minimum Gasteiger partial charge on any atom is -0.393 e. The molecule has 2 aliphatic rings. The fraction of sp³-hybridized carbons (Fsp3) is 1.00. The summed E-state index contributed by atoms with van der Waals surface area (Å²) in [7, 11) is 0. The van der Waals surface area contributed by atoms with E-state index in [1.54, 1.807) is 0 Å². The van der Waals surface area contributed by atoms with Crippen LogP contribution >= 0.6 is 0 Å². The zero-order valence-corrected chi connectivity index (χ0v) is 6.42. The number of hydrogen-bond donors (Lipinski definition) is 1. The topological polar surface area (TPSA) is 20.2 Å². The Hall–Kier alpha value is -0.0400. The molecule has 2 aliphatic carbocycles. The molecule has 0 aromatic rings. The Morgan fingerprint density at radius 3 is 2.60 bits per heavy atom. The maximum Gasteiger partial charge on any atom is 0.0543 e. The van der Waals surface area contributed by atoms with Crippen molar-refractivity contribution >= 4 is 0 Å². The van der Waals surface area contributed by atoms with Crippen molar-refractivity contribution in [1.29, 1.82) is 0 Å². The van der Waals surface area contributed by atoms with Crippen molar-refractivity contribution in [3.8, 4) is 0 Å². The van der Waals surface area contributed by atoms with Gasteiger partial charge < -0.3 is 5.11 Å². The molecule has 0 saturated heterocycles. The van der Waals surface area contributed by atoms with Crippen molar-refractivity contribution < 1.29 is 5.11 Å². The van der Waals surface area contributed by atoms with Gasteiger partial charge in [0, 0.05) is 0 Å². The van der Waals surface area contributed by atoms with Gasteiger partial charge in [0.2, 0.25) is 0 Å². The van der Waals surface area contributed by atoms with E-state index in [0.29, 0.717) is 0 Å². The van der Waals surface area contributed by atoms with Crippen LogP contribution in [0.25, 0.3) is 0 Å². The number of fused-ring (bicyclic) bond motifs is 1. The van der Waals surface area contributed by atoms with Crippen LogP contribution in [0.15, 0.2) is 0 Å². The number of rotatable bonds is 0. The largest absolute Gasteiger partial charge is 0.393 e. The highest BCUT2D eigenvalue weighted by Crippen LogP contribution is 2.47. The second kappa shape index (κ2) is 2.54. The van der Waals surface area contributed by atoms with E-state index in [0.717, 1.165) is 24.7 Å². The second-order valence-corrected chi connectivity index (χ2v) is 3.93. The lowest BCUT2D eigenvalue weighted by molar-refractivity contribution is 0.137. The number of aliphatic hydroxyl groups is 1. The monoisotopic (exact) mass is 140 g/mol. The highest BCUT2D eigenvalue weighted by molar-refractivity contribution is 4.89. The molecule has 2 fully saturated rings. The van der Waals surface area contributed by atoms with Crippen LogP contribution in [0.5, 0.6) is 0 Å². The lowest BCUT2D eigenvalue weighted by atomic mass is 9.99. The van der Waals surface area contributed by atoms with E-state index in [1.807, 2.05) is 0 Å². The van der Waals surface area contributed by atoms with E-state index in [9.17, 15) is 5.11 Å². The third-order valence-corrected chi connectivity index (χ3v) is 3.01. The number of aliphatic hydroxyl groups excluding tert-OH is 1. The van der Waals surface area contributed by atoms with Gasteiger partial charge in [-0.25, -0.2) is 0 Å². The van der Waals surface area contributed by atoms with Gasteiger partial charge in [0.1, 0.15) is 0 Å². The molecule has 1 heteroatoms. The first-order chi connectivity index (χ1) is 4.86. The van der Waals surface area contributed by atoms with Gasteiger partial charge in [-0.15, -0.1) is 0 Å². The molecule has 58 valence electrons. The highest BCUT2D eigenvalue weighted by atomic mass is 16.3. The summed E-state index contributed by atoms with van der Waals surface area (Å²) < 4.78 is 0. The summed E-state index contributed by atoms with van der Waals surface area (Å²) in [4.78, 5) is 0. The van der Waals surface area contributed by atoms with Gasteiger partial charge in [0.25, 0.3) is 0 Å². The zero-order chi connectivity index (χ0) is 6.97. The van der Waals surface area contributed by atoms with Crippen molar-refractivity contribution in [3.05, 3.63) is 0 Å². The molecule has 0 heterocycles. The molecular weight excluding hydrogens is 124 g/mol. The Balaban J connectivity index is 1.85. The zero-order valence-electron chi connectivity index (χ0n) is 6.42. The van der Waals surface area contributed by atoms with Crippen LogP contribution in [0, 0.1) is 11.8 Å². The van der Waals surface area contributed by atoms with E-state index < -0.39 is 0 Å². The molecule has 1 nitrogen and oxygen atoms in total. The van der Waals surface area contributed by atoms with Gasteiger partial charge in [0.15, 0.2) is 0 Å². The fourth-order valence-corrected chi connectivity index (χ4v) is 2.21. The smallest absolute Gasteiger partial charge is 0.0543 e. The molecule has 0 amide bonds. The molecule has 2 saturated carbocycles. The van der Waals surface area contributed by atoms with Crippen LogP contribution in [-0.2, 0) is 0 Å². The van der Waals surface area contributed by atoms with Gasteiger partial charge in [-0.2, -0.15) is 0 Å². The van der Waals surface area contributed by atoms with E-state index >= 15 is 0 Å². The molecule has 10 heavy (non-hydrogen) atoms. The fourth-order valence-electron chi connectivity index (χ4n) is 2.21. The molecular formula is C9H16O. The third kappa shape index (κ3) is 1.34. The van der Waals surface area contributed by atoms with E-state index in [1.165, 1.54) is 25.7 Å². The lowest BCUT2D eigenvalue weighted by Crippen LogP contribution is -2.09. The normalized spacial score (nSPS) is 47.1. The lowest BCUT2D eigenvalue weighted by Gasteiger charge is -2.12. The van der Waals surface area contributed by atoms with Crippen LogP contribution in [0.1, 0.15) is 38.5 Å². The maximum atomic E-state index is 9.41. The van der Waals surface area contributed by atoms with Gasteiger partial charge >= 0.3 is 0 Å². The Morgan fingerprint density at radius 1 is 0.900 bits per heavy atom. The van der Waals surface area contributed by atoms with Crippen molar-refractivity contribution in [1.82, 2.24) is 0 Å². The van der Waals surface area contributed by atoms with Gasteiger partial charge in [0.05, 0.1) is 6.10 Å². The summed E-state index contributed by atoms with van der Waals surface area (Å²) in [6.45, 7) is 0. The van der Waals surface area contributed by atoms with Crippen LogP contribution in [-0.4, -0.2) is 11.2 Å². The summed E-state index contributed by atoms with van der Waals surface area (Å²) in [6, 6.07) is 0. The average molecular weight is 140 g/mol. The second-order valence-electron chi connectivity index (χ2n) is 3.93. The number of hydrogen-bond acceptors (Lipinski definition) is 1. The first-order valence-electron chi connectivity index (χ1n) is 4.54. The molecule has 0 radical (unpaired) electrons. The molecule has 0 aliphatic heterocycles.